The largest absolute Gasteiger partial charge is 0.342 e. The summed E-state index contributed by atoms with van der Waals surface area (Å²) in [4.78, 5) is 16.3. The molecule has 2 fully saturated rings. The average Bonchev–Trinajstić information content (AvgIpc) is 3.34. The van der Waals surface area contributed by atoms with Gasteiger partial charge in [0.05, 0.1) is 6.54 Å². The molecule has 1 atom stereocenters. The van der Waals surface area contributed by atoms with Gasteiger partial charge in [-0.25, -0.2) is 0 Å². The third kappa shape index (κ3) is 8.27. The molecule has 0 aliphatic carbocycles. The van der Waals surface area contributed by atoms with Gasteiger partial charge in [0.1, 0.15) is 0 Å². The summed E-state index contributed by atoms with van der Waals surface area (Å²) in [6.45, 7) is 9.81. The number of halogens is 2. The number of likely N-dealkylation sites (tertiary alicyclic amines) is 2. The van der Waals surface area contributed by atoms with Gasteiger partial charge < -0.3 is 15.5 Å². The molecule has 4 nitrogen and oxygen atoms in total. The van der Waals surface area contributed by atoms with Gasteiger partial charge in [-0.3, -0.25) is 4.79 Å². The molecule has 0 bridgehead atoms. The molecule has 2 saturated heterocycles. The van der Waals surface area contributed by atoms with E-state index in [0.29, 0.717) is 11.8 Å². The number of piperidine rings is 1. The van der Waals surface area contributed by atoms with Crippen LogP contribution in [0.25, 0.3) is 0 Å². The molecule has 0 spiro atoms. The van der Waals surface area contributed by atoms with Crippen LogP contribution in [0.5, 0.6) is 0 Å². The number of rotatable bonds is 6. The van der Waals surface area contributed by atoms with Crippen molar-refractivity contribution in [3.63, 3.8) is 0 Å². The highest BCUT2D eigenvalue weighted by Gasteiger charge is 2.25. The lowest BCUT2D eigenvalue weighted by Gasteiger charge is -2.33. The molecule has 6 heteroatoms. The maximum atomic E-state index is 11.8. The van der Waals surface area contributed by atoms with Crippen molar-refractivity contribution < 1.29 is 4.79 Å². The Labute approximate surface area is 215 Å². The number of carbonyl (C=O) groups excluding carboxylic acids is 1. The van der Waals surface area contributed by atoms with Crippen LogP contribution in [0.15, 0.2) is 42.5 Å². The highest BCUT2D eigenvalue weighted by Crippen LogP contribution is 2.33. The number of nitrogens with two attached hydrogens (primary N) is 1. The third-order valence-electron chi connectivity index (χ3n) is 6.91. The molecule has 1 amide bonds. The van der Waals surface area contributed by atoms with Crippen molar-refractivity contribution in [2.75, 3.05) is 39.3 Å². The lowest BCUT2D eigenvalue weighted by Crippen LogP contribution is -2.41. The van der Waals surface area contributed by atoms with Crippen molar-refractivity contribution in [3.8, 4) is 0 Å². The molecule has 2 aliphatic heterocycles. The summed E-state index contributed by atoms with van der Waals surface area (Å²) in [5.41, 5.74) is 9.58. The molecule has 2 heterocycles. The summed E-state index contributed by atoms with van der Waals surface area (Å²) in [5.74, 6) is 1.21. The van der Waals surface area contributed by atoms with E-state index in [4.69, 9.17) is 28.9 Å². The first-order valence-electron chi connectivity index (χ1n) is 12.6. The van der Waals surface area contributed by atoms with Crippen LogP contribution in [-0.4, -0.2) is 55.0 Å². The Bertz CT molecular complexity index is 883. The lowest BCUT2D eigenvalue weighted by molar-refractivity contribution is -0.130. The fourth-order valence-corrected chi connectivity index (χ4v) is 5.42. The van der Waals surface area contributed by atoms with E-state index >= 15 is 0 Å². The van der Waals surface area contributed by atoms with E-state index < -0.39 is 0 Å². The highest BCUT2D eigenvalue weighted by atomic mass is 35.5. The monoisotopic (exact) mass is 503 g/mol. The van der Waals surface area contributed by atoms with Gasteiger partial charge in [-0.2, -0.15) is 0 Å². The van der Waals surface area contributed by atoms with E-state index in [1.54, 1.807) is 0 Å². The Kier molecular flexibility index (Phi) is 10.7. The van der Waals surface area contributed by atoms with Crippen LogP contribution in [0, 0.1) is 12.8 Å². The Morgan fingerprint density at radius 2 is 1.62 bits per heavy atom. The minimum Gasteiger partial charge on any atom is -0.342 e. The summed E-state index contributed by atoms with van der Waals surface area (Å²) in [5, 5.41) is 1.63. The van der Waals surface area contributed by atoms with Crippen LogP contribution in [0.1, 0.15) is 55.2 Å². The minimum absolute atomic E-state index is 0.0685. The van der Waals surface area contributed by atoms with Crippen LogP contribution in [-0.2, 0) is 11.2 Å². The van der Waals surface area contributed by atoms with Gasteiger partial charge in [0.25, 0.3) is 0 Å². The zero-order valence-corrected chi connectivity index (χ0v) is 22.1. The first-order chi connectivity index (χ1) is 16.4. The second-order valence-corrected chi connectivity index (χ2v) is 10.7. The predicted molar refractivity (Wildman–Crippen MR) is 144 cm³/mol. The van der Waals surface area contributed by atoms with Gasteiger partial charge in [-0.05, 0) is 99.3 Å². The molecule has 4 rings (SSSR count). The van der Waals surface area contributed by atoms with Crippen molar-refractivity contribution in [3.05, 3.63) is 69.2 Å². The van der Waals surface area contributed by atoms with E-state index in [1.807, 2.05) is 42.2 Å². The Balaban J connectivity index is 0.000000343. The number of nitrogens with zero attached hydrogens (tertiary/aromatic N) is 2. The van der Waals surface area contributed by atoms with Crippen LogP contribution >= 0.6 is 23.2 Å². The van der Waals surface area contributed by atoms with Gasteiger partial charge >= 0.3 is 0 Å². The van der Waals surface area contributed by atoms with Crippen molar-refractivity contribution in [2.45, 2.75) is 51.9 Å². The fourth-order valence-electron chi connectivity index (χ4n) is 5.10. The third-order valence-corrected chi connectivity index (χ3v) is 7.40. The topological polar surface area (TPSA) is 49.6 Å². The number of carbonyl (C=O) groups is 1. The standard InChI is InChI=1S/C21H32ClN3O.C7H7Cl/c1-16(15-24-8-2-3-9-24)12-18-13-19(22)4-5-20(18)17-6-10-25(11-7-17)21(26)14-23;1-6-2-4-7(8)5-3-6/h4-5,13,16-17H,2-3,6-12,14-15,23H2,1H3;2-5H,1H3. The highest BCUT2D eigenvalue weighted by molar-refractivity contribution is 6.30. The maximum Gasteiger partial charge on any atom is 0.236 e. The first-order valence-corrected chi connectivity index (χ1v) is 13.3. The minimum atomic E-state index is 0.0685. The van der Waals surface area contributed by atoms with Crippen LogP contribution in [0.2, 0.25) is 10.0 Å². The van der Waals surface area contributed by atoms with Gasteiger partial charge in [-0.15, -0.1) is 0 Å². The lowest BCUT2D eigenvalue weighted by atomic mass is 9.84. The van der Waals surface area contributed by atoms with Crippen molar-refractivity contribution in [2.24, 2.45) is 11.7 Å². The number of hydrogen-bond acceptors (Lipinski definition) is 3. The molecule has 0 radical (unpaired) electrons. The Hall–Kier alpha value is -1.59. The van der Waals surface area contributed by atoms with E-state index in [2.05, 4.69) is 24.0 Å². The summed E-state index contributed by atoms with van der Waals surface area (Å²) in [6.07, 6.45) is 5.79. The molecule has 0 aromatic heterocycles. The zero-order valence-electron chi connectivity index (χ0n) is 20.6. The van der Waals surface area contributed by atoms with Crippen LogP contribution in [0.4, 0.5) is 0 Å². The van der Waals surface area contributed by atoms with Crippen molar-refractivity contribution in [1.29, 1.82) is 0 Å². The van der Waals surface area contributed by atoms with E-state index in [1.165, 1.54) is 49.2 Å². The SMILES string of the molecule is CC(Cc1cc(Cl)ccc1C1CCN(C(=O)CN)CC1)CN1CCCC1.Cc1ccc(Cl)cc1. The van der Waals surface area contributed by atoms with Crippen molar-refractivity contribution in [1.82, 2.24) is 9.80 Å². The molecule has 1 unspecified atom stereocenters. The molecule has 2 N–H and O–H groups in total. The summed E-state index contributed by atoms with van der Waals surface area (Å²) in [7, 11) is 0. The van der Waals surface area contributed by atoms with Crippen LogP contribution in [0.3, 0.4) is 0 Å². The molecule has 2 aromatic rings. The number of hydrogen-bond donors (Lipinski definition) is 1. The molecule has 186 valence electrons. The van der Waals surface area contributed by atoms with Gasteiger partial charge in [-0.1, -0.05) is 53.9 Å². The second-order valence-electron chi connectivity index (χ2n) is 9.81. The van der Waals surface area contributed by atoms with Gasteiger partial charge in [0.2, 0.25) is 5.91 Å². The number of aryl methyl sites for hydroxylation is 1. The first kappa shape index (κ1) is 27.0. The number of benzene rings is 2. The Morgan fingerprint density at radius 1 is 1.00 bits per heavy atom. The second kappa shape index (κ2) is 13.5. The van der Waals surface area contributed by atoms with Crippen LogP contribution < -0.4 is 5.73 Å². The van der Waals surface area contributed by atoms with Gasteiger partial charge in [0, 0.05) is 29.7 Å². The fraction of sp³-hybridized carbons (Fsp3) is 0.536. The quantitative estimate of drug-likeness (QED) is 0.531. The summed E-state index contributed by atoms with van der Waals surface area (Å²) >= 11 is 11.9. The summed E-state index contributed by atoms with van der Waals surface area (Å²) in [6, 6.07) is 14.1. The van der Waals surface area contributed by atoms with Crippen molar-refractivity contribution >= 4 is 29.1 Å². The zero-order chi connectivity index (χ0) is 24.5. The molecule has 2 aromatic carbocycles. The average molecular weight is 505 g/mol. The maximum absolute atomic E-state index is 11.8. The van der Waals surface area contributed by atoms with E-state index in [9.17, 15) is 4.79 Å². The Morgan fingerprint density at radius 3 is 2.21 bits per heavy atom. The normalized spacial score (nSPS) is 17.9. The number of amides is 1. The van der Waals surface area contributed by atoms with E-state index in [0.717, 1.165) is 42.4 Å². The molecule has 0 saturated carbocycles. The van der Waals surface area contributed by atoms with E-state index in [-0.39, 0.29) is 12.5 Å². The summed E-state index contributed by atoms with van der Waals surface area (Å²) < 4.78 is 0. The molecular formula is C28H39Cl2N3O. The van der Waals surface area contributed by atoms with Gasteiger partial charge in [0.15, 0.2) is 0 Å². The molecular weight excluding hydrogens is 465 g/mol. The molecule has 34 heavy (non-hydrogen) atoms. The smallest absolute Gasteiger partial charge is 0.236 e. The molecule has 2 aliphatic rings. The predicted octanol–water partition coefficient (Wildman–Crippen LogP) is 5.93.